The van der Waals surface area contributed by atoms with Crippen LogP contribution in [0.4, 0.5) is 0 Å². The van der Waals surface area contributed by atoms with Crippen molar-refractivity contribution in [3.8, 4) is 0 Å². The van der Waals surface area contributed by atoms with E-state index >= 15 is 0 Å². The van der Waals surface area contributed by atoms with E-state index in [0.717, 1.165) is 13.0 Å². The van der Waals surface area contributed by atoms with Crippen LogP contribution in [0.25, 0.3) is 0 Å². The summed E-state index contributed by atoms with van der Waals surface area (Å²) in [5.41, 5.74) is 0. The third kappa shape index (κ3) is 4.91. The molecule has 6 heteroatoms. The van der Waals surface area contributed by atoms with Gasteiger partial charge in [0.25, 0.3) is 0 Å². The number of rotatable bonds is 7. The smallest absolute Gasteiger partial charge is 0.214 e. The zero-order valence-corrected chi connectivity index (χ0v) is 11.5. The van der Waals surface area contributed by atoms with Crippen LogP contribution >= 0.6 is 0 Å². The quantitative estimate of drug-likeness (QED) is 0.636. The van der Waals surface area contributed by atoms with E-state index in [1.54, 1.807) is 0 Å². The van der Waals surface area contributed by atoms with E-state index in [4.69, 9.17) is 5.11 Å². The summed E-state index contributed by atoms with van der Waals surface area (Å²) >= 11 is 0. The van der Waals surface area contributed by atoms with Gasteiger partial charge in [0, 0.05) is 25.7 Å². The van der Waals surface area contributed by atoms with Crippen LogP contribution in [-0.4, -0.2) is 55.9 Å². The summed E-state index contributed by atoms with van der Waals surface area (Å²) in [7, 11) is -3.12. The SMILES string of the molecule is CC(C)NCCCS(=O)(=O)N1CCC(CO)C1. The van der Waals surface area contributed by atoms with Crippen molar-refractivity contribution in [1.29, 1.82) is 0 Å². The van der Waals surface area contributed by atoms with E-state index in [2.05, 4.69) is 5.32 Å². The van der Waals surface area contributed by atoms with Crippen molar-refractivity contribution < 1.29 is 13.5 Å². The lowest BCUT2D eigenvalue weighted by Crippen LogP contribution is -2.33. The first kappa shape index (κ1) is 14.9. The van der Waals surface area contributed by atoms with Crippen LogP contribution in [0.1, 0.15) is 26.7 Å². The predicted molar refractivity (Wildman–Crippen MR) is 68.3 cm³/mol. The molecule has 1 heterocycles. The first-order valence-electron chi connectivity index (χ1n) is 6.27. The molecule has 1 aliphatic rings. The Kier molecular flexibility index (Phi) is 5.85. The van der Waals surface area contributed by atoms with E-state index in [1.807, 2.05) is 13.8 Å². The second kappa shape index (κ2) is 6.68. The Morgan fingerprint density at radius 2 is 2.18 bits per heavy atom. The number of aliphatic hydroxyl groups excluding tert-OH is 1. The number of nitrogens with one attached hydrogen (secondary N) is 1. The van der Waals surface area contributed by atoms with Gasteiger partial charge in [-0.15, -0.1) is 0 Å². The van der Waals surface area contributed by atoms with Gasteiger partial charge in [-0.3, -0.25) is 0 Å². The molecule has 0 aromatic rings. The number of nitrogens with zero attached hydrogens (tertiary/aromatic N) is 1. The molecule has 0 bridgehead atoms. The largest absolute Gasteiger partial charge is 0.396 e. The third-order valence-corrected chi connectivity index (χ3v) is 4.95. The van der Waals surface area contributed by atoms with Crippen LogP contribution in [0, 0.1) is 5.92 Å². The Balaban J connectivity index is 2.31. The summed E-state index contributed by atoms with van der Waals surface area (Å²) in [4.78, 5) is 0. The summed E-state index contributed by atoms with van der Waals surface area (Å²) in [5.74, 6) is 0.323. The molecule has 0 amide bonds. The predicted octanol–water partition coefficient (Wildman–Crippen LogP) is 0.0185. The number of sulfonamides is 1. The molecule has 1 aliphatic heterocycles. The fraction of sp³-hybridized carbons (Fsp3) is 1.00. The Morgan fingerprint density at radius 3 is 2.71 bits per heavy atom. The van der Waals surface area contributed by atoms with Crippen molar-refractivity contribution in [2.75, 3.05) is 32.0 Å². The fourth-order valence-electron chi connectivity index (χ4n) is 1.97. The van der Waals surface area contributed by atoms with Crippen molar-refractivity contribution in [1.82, 2.24) is 9.62 Å². The standard InChI is InChI=1S/C11H24N2O3S/c1-10(2)12-5-3-7-17(15,16)13-6-4-11(8-13)9-14/h10-12,14H,3-9H2,1-2H3. The highest BCUT2D eigenvalue weighted by Gasteiger charge is 2.30. The molecule has 102 valence electrons. The maximum atomic E-state index is 12.0. The Morgan fingerprint density at radius 1 is 1.47 bits per heavy atom. The zero-order chi connectivity index (χ0) is 12.9. The highest BCUT2D eigenvalue weighted by Crippen LogP contribution is 2.19. The summed E-state index contributed by atoms with van der Waals surface area (Å²) < 4.78 is 25.4. The Bertz CT molecular complexity index is 317. The Hall–Kier alpha value is -0.170. The summed E-state index contributed by atoms with van der Waals surface area (Å²) in [6.07, 6.45) is 1.42. The Labute approximate surface area is 104 Å². The fourth-order valence-corrected chi connectivity index (χ4v) is 3.56. The maximum Gasteiger partial charge on any atom is 0.214 e. The van der Waals surface area contributed by atoms with Crippen LogP contribution in [0.15, 0.2) is 0 Å². The number of hydrogen-bond donors (Lipinski definition) is 2. The van der Waals surface area contributed by atoms with Crippen molar-refractivity contribution in [3.63, 3.8) is 0 Å². The van der Waals surface area contributed by atoms with E-state index < -0.39 is 10.0 Å². The molecule has 0 aliphatic carbocycles. The lowest BCUT2D eigenvalue weighted by Gasteiger charge is -2.16. The van der Waals surface area contributed by atoms with E-state index in [-0.39, 0.29) is 18.3 Å². The summed E-state index contributed by atoms with van der Waals surface area (Å²) in [6.45, 7) is 5.94. The monoisotopic (exact) mass is 264 g/mol. The molecule has 0 saturated carbocycles. The lowest BCUT2D eigenvalue weighted by molar-refractivity contribution is 0.233. The van der Waals surface area contributed by atoms with Gasteiger partial charge in [-0.05, 0) is 25.3 Å². The minimum atomic E-state index is -3.12. The van der Waals surface area contributed by atoms with Crippen molar-refractivity contribution in [3.05, 3.63) is 0 Å². The minimum absolute atomic E-state index is 0.0843. The molecule has 17 heavy (non-hydrogen) atoms. The third-order valence-electron chi connectivity index (χ3n) is 3.03. The molecule has 1 unspecified atom stereocenters. The van der Waals surface area contributed by atoms with Gasteiger partial charge in [0.05, 0.1) is 5.75 Å². The highest BCUT2D eigenvalue weighted by molar-refractivity contribution is 7.89. The van der Waals surface area contributed by atoms with E-state index in [9.17, 15) is 8.42 Å². The van der Waals surface area contributed by atoms with Gasteiger partial charge in [-0.25, -0.2) is 12.7 Å². The minimum Gasteiger partial charge on any atom is -0.396 e. The normalized spacial score (nSPS) is 22.5. The van der Waals surface area contributed by atoms with Gasteiger partial charge >= 0.3 is 0 Å². The molecule has 0 spiro atoms. The van der Waals surface area contributed by atoms with Crippen molar-refractivity contribution in [2.45, 2.75) is 32.7 Å². The molecule has 1 rings (SSSR count). The van der Waals surface area contributed by atoms with Crippen LogP contribution in [-0.2, 0) is 10.0 Å². The highest BCUT2D eigenvalue weighted by atomic mass is 32.2. The lowest BCUT2D eigenvalue weighted by atomic mass is 10.1. The van der Waals surface area contributed by atoms with Gasteiger partial charge < -0.3 is 10.4 Å². The topological polar surface area (TPSA) is 69.6 Å². The summed E-state index contributed by atoms with van der Waals surface area (Å²) in [5, 5.41) is 12.2. The van der Waals surface area contributed by atoms with E-state index in [1.165, 1.54) is 4.31 Å². The molecule has 2 N–H and O–H groups in total. The van der Waals surface area contributed by atoms with Crippen LogP contribution < -0.4 is 5.32 Å². The summed E-state index contributed by atoms with van der Waals surface area (Å²) in [6, 6.07) is 0.392. The van der Waals surface area contributed by atoms with Gasteiger partial charge in [-0.2, -0.15) is 0 Å². The van der Waals surface area contributed by atoms with Gasteiger partial charge in [0.2, 0.25) is 10.0 Å². The molecule has 1 atom stereocenters. The van der Waals surface area contributed by atoms with Crippen LogP contribution in [0.3, 0.4) is 0 Å². The maximum absolute atomic E-state index is 12.0. The number of hydrogen-bond acceptors (Lipinski definition) is 4. The average Bonchev–Trinajstić information content (AvgIpc) is 2.73. The molecule has 0 radical (unpaired) electrons. The van der Waals surface area contributed by atoms with Crippen molar-refractivity contribution >= 4 is 10.0 Å². The molecule has 0 aromatic carbocycles. The van der Waals surface area contributed by atoms with Gasteiger partial charge in [0.15, 0.2) is 0 Å². The van der Waals surface area contributed by atoms with Gasteiger partial charge in [-0.1, -0.05) is 13.8 Å². The molecular formula is C11H24N2O3S. The molecule has 1 saturated heterocycles. The second-order valence-corrected chi connectivity index (χ2v) is 7.06. The average molecular weight is 264 g/mol. The van der Waals surface area contributed by atoms with Crippen molar-refractivity contribution in [2.24, 2.45) is 5.92 Å². The first-order chi connectivity index (χ1) is 7.95. The molecule has 1 fully saturated rings. The second-order valence-electron chi connectivity index (χ2n) is 4.97. The zero-order valence-electron chi connectivity index (χ0n) is 10.7. The van der Waals surface area contributed by atoms with Gasteiger partial charge in [0.1, 0.15) is 0 Å². The number of aliphatic hydroxyl groups is 1. The first-order valence-corrected chi connectivity index (χ1v) is 7.88. The molecular weight excluding hydrogens is 240 g/mol. The van der Waals surface area contributed by atoms with E-state index in [0.29, 0.717) is 25.6 Å². The molecule has 0 aromatic heterocycles. The molecule has 5 nitrogen and oxygen atoms in total. The van der Waals surface area contributed by atoms with Crippen LogP contribution in [0.2, 0.25) is 0 Å². The van der Waals surface area contributed by atoms with Crippen LogP contribution in [0.5, 0.6) is 0 Å².